The first kappa shape index (κ1) is 17.6. The molecule has 1 atom stereocenters. The lowest BCUT2D eigenvalue weighted by Gasteiger charge is -2.30. The Kier molecular flexibility index (Phi) is 4.97. The SMILES string of the molecule is O=C(O)CNC(=O)C1C(=O)CCN(Cc2ccc3ccccc3c2)C1=O. The zero-order valence-electron chi connectivity index (χ0n) is 14.0. The molecular weight excluding hydrogens is 336 g/mol. The normalized spacial score (nSPS) is 17.4. The van der Waals surface area contributed by atoms with Crippen LogP contribution < -0.4 is 5.32 Å². The summed E-state index contributed by atoms with van der Waals surface area (Å²) in [6.45, 7) is -0.0899. The average molecular weight is 354 g/mol. The number of hydrogen-bond donors (Lipinski definition) is 2. The van der Waals surface area contributed by atoms with Crippen LogP contribution in [0.5, 0.6) is 0 Å². The maximum atomic E-state index is 12.6. The monoisotopic (exact) mass is 354 g/mol. The van der Waals surface area contributed by atoms with Gasteiger partial charge in [0.1, 0.15) is 6.54 Å². The van der Waals surface area contributed by atoms with E-state index in [4.69, 9.17) is 5.11 Å². The second-order valence-corrected chi connectivity index (χ2v) is 6.20. The summed E-state index contributed by atoms with van der Waals surface area (Å²) in [4.78, 5) is 48.7. The van der Waals surface area contributed by atoms with Crippen LogP contribution in [0.25, 0.3) is 10.8 Å². The number of fused-ring (bicyclic) bond motifs is 1. The summed E-state index contributed by atoms with van der Waals surface area (Å²) in [6, 6.07) is 13.7. The Hall–Kier alpha value is -3.22. The molecule has 0 spiro atoms. The van der Waals surface area contributed by atoms with Crippen LogP contribution in [0.3, 0.4) is 0 Å². The molecule has 2 aromatic carbocycles. The van der Waals surface area contributed by atoms with Crippen LogP contribution in [-0.2, 0) is 25.7 Å². The molecule has 7 heteroatoms. The van der Waals surface area contributed by atoms with Gasteiger partial charge in [0.15, 0.2) is 11.7 Å². The number of Topliss-reactive ketones (excluding diaryl/α,β-unsaturated/α-hetero) is 1. The summed E-state index contributed by atoms with van der Waals surface area (Å²) in [5.41, 5.74) is 0.899. The van der Waals surface area contributed by atoms with E-state index in [0.29, 0.717) is 6.54 Å². The van der Waals surface area contributed by atoms with Crippen LogP contribution in [0.2, 0.25) is 0 Å². The van der Waals surface area contributed by atoms with E-state index < -0.39 is 36.0 Å². The van der Waals surface area contributed by atoms with Gasteiger partial charge in [-0.15, -0.1) is 0 Å². The number of benzene rings is 2. The zero-order chi connectivity index (χ0) is 18.7. The molecule has 1 aliphatic rings. The van der Waals surface area contributed by atoms with Crippen molar-refractivity contribution in [2.24, 2.45) is 5.92 Å². The number of aliphatic carboxylic acids is 1. The molecule has 0 saturated carbocycles. The van der Waals surface area contributed by atoms with E-state index in [-0.39, 0.29) is 13.0 Å². The largest absolute Gasteiger partial charge is 0.480 e. The summed E-state index contributed by atoms with van der Waals surface area (Å²) in [5.74, 6) is -4.62. The molecular formula is C19H18N2O5. The van der Waals surface area contributed by atoms with Gasteiger partial charge in [0, 0.05) is 19.5 Å². The molecule has 1 saturated heterocycles. The third-order valence-corrected chi connectivity index (χ3v) is 4.37. The lowest BCUT2D eigenvalue weighted by atomic mass is 9.94. The third kappa shape index (κ3) is 3.72. The molecule has 3 rings (SSSR count). The number of ketones is 1. The molecule has 2 amide bonds. The van der Waals surface area contributed by atoms with Gasteiger partial charge in [0.05, 0.1) is 0 Å². The summed E-state index contributed by atoms with van der Waals surface area (Å²) in [5, 5.41) is 12.9. The van der Waals surface area contributed by atoms with Crippen LogP contribution in [0.4, 0.5) is 0 Å². The van der Waals surface area contributed by atoms with Gasteiger partial charge in [0.2, 0.25) is 11.8 Å². The second kappa shape index (κ2) is 7.35. The highest BCUT2D eigenvalue weighted by molar-refractivity contribution is 6.19. The highest BCUT2D eigenvalue weighted by atomic mass is 16.4. The number of piperidine rings is 1. The number of carbonyl (C=O) groups is 4. The molecule has 1 heterocycles. The number of carbonyl (C=O) groups excluding carboxylic acids is 3. The first-order valence-electron chi connectivity index (χ1n) is 8.24. The smallest absolute Gasteiger partial charge is 0.322 e. The predicted octanol–water partition coefficient (Wildman–Crippen LogP) is 0.958. The minimum Gasteiger partial charge on any atom is -0.480 e. The van der Waals surface area contributed by atoms with Crippen molar-refractivity contribution < 1.29 is 24.3 Å². The topological polar surface area (TPSA) is 104 Å². The number of nitrogens with zero attached hydrogens (tertiary/aromatic N) is 1. The van der Waals surface area contributed by atoms with Crippen LogP contribution in [-0.4, -0.2) is 46.7 Å². The van der Waals surface area contributed by atoms with Crippen molar-refractivity contribution in [3.63, 3.8) is 0 Å². The van der Waals surface area contributed by atoms with Crippen LogP contribution in [0.1, 0.15) is 12.0 Å². The van der Waals surface area contributed by atoms with E-state index in [9.17, 15) is 19.2 Å². The Morgan fingerprint density at radius 1 is 1.12 bits per heavy atom. The molecule has 7 nitrogen and oxygen atoms in total. The van der Waals surface area contributed by atoms with Gasteiger partial charge in [-0.05, 0) is 22.4 Å². The zero-order valence-corrected chi connectivity index (χ0v) is 14.0. The van der Waals surface area contributed by atoms with Gasteiger partial charge in [-0.2, -0.15) is 0 Å². The van der Waals surface area contributed by atoms with Crippen LogP contribution in [0.15, 0.2) is 42.5 Å². The Balaban J connectivity index is 1.75. The predicted molar refractivity (Wildman–Crippen MR) is 93.1 cm³/mol. The molecule has 0 bridgehead atoms. The van der Waals surface area contributed by atoms with Crippen molar-refractivity contribution in [1.29, 1.82) is 0 Å². The Morgan fingerprint density at radius 2 is 1.85 bits per heavy atom. The summed E-state index contributed by atoms with van der Waals surface area (Å²) >= 11 is 0. The minimum absolute atomic E-state index is 0.0739. The van der Waals surface area contributed by atoms with Crippen molar-refractivity contribution in [2.75, 3.05) is 13.1 Å². The van der Waals surface area contributed by atoms with E-state index in [1.807, 2.05) is 42.5 Å². The van der Waals surface area contributed by atoms with E-state index in [2.05, 4.69) is 5.32 Å². The Labute approximate surface area is 149 Å². The van der Waals surface area contributed by atoms with Gasteiger partial charge in [0.25, 0.3) is 0 Å². The molecule has 26 heavy (non-hydrogen) atoms. The van der Waals surface area contributed by atoms with Gasteiger partial charge in [-0.1, -0.05) is 36.4 Å². The first-order chi connectivity index (χ1) is 12.5. The van der Waals surface area contributed by atoms with E-state index in [0.717, 1.165) is 16.3 Å². The fraction of sp³-hybridized carbons (Fsp3) is 0.263. The van der Waals surface area contributed by atoms with Crippen molar-refractivity contribution in [2.45, 2.75) is 13.0 Å². The molecule has 0 aromatic heterocycles. The third-order valence-electron chi connectivity index (χ3n) is 4.37. The van der Waals surface area contributed by atoms with Gasteiger partial charge >= 0.3 is 5.97 Å². The highest BCUT2D eigenvalue weighted by Gasteiger charge is 2.40. The fourth-order valence-corrected chi connectivity index (χ4v) is 3.06. The van der Waals surface area contributed by atoms with Gasteiger partial charge < -0.3 is 15.3 Å². The number of amides is 2. The van der Waals surface area contributed by atoms with Gasteiger partial charge in [-0.25, -0.2) is 0 Å². The summed E-state index contributed by atoms with van der Waals surface area (Å²) < 4.78 is 0. The number of carboxylic acid groups (broad SMARTS) is 1. The van der Waals surface area contributed by atoms with Crippen molar-refractivity contribution in [1.82, 2.24) is 10.2 Å². The quantitative estimate of drug-likeness (QED) is 0.779. The Bertz CT molecular complexity index is 892. The fourth-order valence-electron chi connectivity index (χ4n) is 3.06. The minimum atomic E-state index is -1.47. The maximum absolute atomic E-state index is 12.6. The van der Waals surface area contributed by atoms with E-state index in [1.54, 1.807) is 0 Å². The average Bonchev–Trinajstić information content (AvgIpc) is 2.62. The lowest BCUT2D eigenvalue weighted by molar-refractivity contribution is -0.152. The number of likely N-dealkylation sites (tertiary alicyclic amines) is 1. The molecule has 134 valence electrons. The second-order valence-electron chi connectivity index (χ2n) is 6.20. The van der Waals surface area contributed by atoms with Crippen molar-refractivity contribution in [3.05, 3.63) is 48.0 Å². The summed E-state index contributed by atoms with van der Waals surface area (Å²) in [6.07, 6.45) is 0.0739. The van der Waals surface area contributed by atoms with Crippen LogP contribution in [0, 0.1) is 5.92 Å². The standard InChI is InChI=1S/C19H18N2O5/c22-15-7-8-21(19(26)17(15)18(25)20-10-16(23)24)11-12-5-6-13-3-1-2-4-14(13)9-12/h1-6,9,17H,7-8,10-11H2,(H,20,25)(H,23,24). The number of rotatable bonds is 5. The molecule has 1 aliphatic heterocycles. The van der Waals surface area contributed by atoms with Crippen LogP contribution >= 0.6 is 0 Å². The molecule has 2 N–H and O–H groups in total. The number of nitrogens with one attached hydrogen (secondary N) is 1. The number of hydrogen-bond acceptors (Lipinski definition) is 4. The number of carboxylic acids is 1. The summed E-state index contributed by atoms with van der Waals surface area (Å²) in [7, 11) is 0. The van der Waals surface area contributed by atoms with Gasteiger partial charge in [-0.3, -0.25) is 19.2 Å². The highest BCUT2D eigenvalue weighted by Crippen LogP contribution is 2.21. The lowest BCUT2D eigenvalue weighted by Crippen LogP contribution is -2.52. The molecule has 2 aromatic rings. The first-order valence-corrected chi connectivity index (χ1v) is 8.24. The maximum Gasteiger partial charge on any atom is 0.322 e. The molecule has 1 fully saturated rings. The molecule has 0 aliphatic carbocycles. The Morgan fingerprint density at radius 3 is 2.58 bits per heavy atom. The van der Waals surface area contributed by atoms with E-state index >= 15 is 0 Å². The van der Waals surface area contributed by atoms with Crippen molar-refractivity contribution >= 4 is 34.3 Å². The van der Waals surface area contributed by atoms with Crippen molar-refractivity contribution in [3.8, 4) is 0 Å². The molecule has 0 radical (unpaired) electrons. The van der Waals surface area contributed by atoms with E-state index in [1.165, 1.54) is 4.90 Å². The molecule has 1 unspecified atom stereocenters.